The van der Waals surface area contributed by atoms with E-state index in [0.717, 1.165) is 49.9 Å². The molecule has 170 valence electrons. The van der Waals surface area contributed by atoms with Gasteiger partial charge in [-0.2, -0.15) is 0 Å². The number of likely N-dealkylation sites (tertiary alicyclic amines) is 1. The molecule has 2 amide bonds. The lowest BCUT2D eigenvalue weighted by molar-refractivity contribution is -1.00. The lowest BCUT2D eigenvalue weighted by atomic mass is 9.78. The highest BCUT2D eigenvalue weighted by Crippen LogP contribution is 2.35. The van der Waals surface area contributed by atoms with Gasteiger partial charge in [-0.25, -0.2) is 0 Å². The summed E-state index contributed by atoms with van der Waals surface area (Å²) < 4.78 is 0. The zero-order valence-corrected chi connectivity index (χ0v) is 19.3. The molecular formula is C25H40N4O2+2. The summed E-state index contributed by atoms with van der Waals surface area (Å²) in [7, 11) is 0. The average molecular weight is 429 g/mol. The molecule has 1 aromatic rings. The Labute approximate surface area is 187 Å². The Kier molecular flexibility index (Phi) is 7.28. The molecule has 3 fully saturated rings. The molecule has 0 aromatic heterocycles. The van der Waals surface area contributed by atoms with E-state index in [1.807, 2.05) is 12.1 Å². The topological polar surface area (TPSA) is 58.3 Å². The van der Waals surface area contributed by atoms with Crippen LogP contribution in [-0.2, 0) is 9.59 Å². The Bertz CT molecular complexity index is 786. The number of hydrogen-bond acceptors (Lipinski definition) is 2. The summed E-state index contributed by atoms with van der Waals surface area (Å²) in [5, 5.41) is 3.08. The fraction of sp³-hybridized carbons (Fsp3) is 0.680. The van der Waals surface area contributed by atoms with Gasteiger partial charge in [-0.3, -0.25) is 9.59 Å². The fourth-order valence-corrected chi connectivity index (χ4v) is 5.87. The second-order valence-electron chi connectivity index (χ2n) is 9.99. The average Bonchev–Trinajstić information content (AvgIpc) is 2.78. The summed E-state index contributed by atoms with van der Waals surface area (Å²) in [5.74, 6) is 1.20. The van der Waals surface area contributed by atoms with Crippen molar-refractivity contribution < 1.29 is 19.4 Å². The van der Waals surface area contributed by atoms with Crippen LogP contribution in [0.25, 0.3) is 0 Å². The van der Waals surface area contributed by atoms with Crippen molar-refractivity contribution >= 4 is 17.5 Å². The molecule has 3 N–H and O–H groups in total. The maximum absolute atomic E-state index is 13.1. The SMILES string of the molecule is Cc1cccc(NC(=O)C[NH+]2CC[NH+](CC(=O)N3CCC[C@H]4CCCC[C@@H]43)CC2)c1C. The van der Waals surface area contributed by atoms with E-state index in [1.165, 1.54) is 53.9 Å². The van der Waals surface area contributed by atoms with Gasteiger partial charge in [0.2, 0.25) is 0 Å². The number of hydrogen-bond donors (Lipinski definition) is 3. The highest BCUT2D eigenvalue weighted by molar-refractivity contribution is 5.92. The zero-order valence-electron chi connectivity index (χ0n) is 19.3. The summed E-state index contributed by atoms with van der Waals surface area (Å²) in [6, 6.07) is 6.54. The number of nitrogens with zero attached hydrogens (tertiary/aromatic N) is 1. The number of anilines is 1. The largest absolute Gasteiger partial charge is 0.335 e. The number of nitrogens with one attached hydrogen (secondary N) is 3. The Balaban J connectivity index is 1.22. The van der Waals surface area contributed by atoms with Crippen molar-refractivity contribution in [3.63, 3.8) is 0 Å². The van der Waals surface area contributed by atoms with Gasteiger partial charge in [0.05, 0.1) is 0 Å². The van der Waals surface area contributed by atoms with Crippen LogP contribution in [0.15, 0.2) is 18.2 Å². The lowest BCUT2D eigenvalue weighted by Gasteiger charge is -2.44. The quantitative estimate of drug-likeness (QED) is 0.628. The molecule has 2 saturated heterocycles. The molecule has 1 aliphatic carbocycles. The zero-order chi connectivity index (χ0) is 21.8. The fourth-order valence-electron chi connectivity index (χ4n) is 5.87. The second kappa shape index (κ2) is 10.1. The van der Waals surface area contributed by atoms with Gasteiger partial charge in [-0.15, -0.1) is 0 Å². The highest BCUT2D eigenvalue weighted by atomic mass is 16.2. The van der Waals surface area contributed by atoms with Crippen LogP contribution in [0, 0.1) is 19.8 Å². The van der Waals surface area contributed by atoms with Crippen LogP contribution in [-0.4, -0.2) is 68.6 Å². The number of amides is 2. The number of aryl methyl sites for hydroxylation is 1. The number of fused-ring (bicyclic) bond motifs is 1. The molecular weight excluding hydrogens is 388 g/mol. The van der Waals surface area contributed by atoms with E-state index >= 15 is 0 Å². The minimum Gasteiger partial charge on any atom is -0.335 e. The van der Waals surface area contributed by atoms with E-state index < -0.39 is 0 Å². The molecule has 3 aliphatic rings. The molecule has 6 nitrogen and oxygen atoms in total. The van der Waals surface area contributed by atoms with Crippen molar-refractivity contribution in [2.24, 2.45) is 5.92 Å². The van der Waals surface area contributed by atoms with Crippen LogP contribution >= 0.6 is 0 Å². The number of rotatable bonds is 5. The van der Waals surface area contributed by atoms with Crippen molar-refractivity contribution in [1.82, 2.24) is 4.90 Å². The summed E-state index contributed by atoms with van der Waals surface area (Å²) in [5.41, 5.74) is 3.25. The normalized spacial score (nSPS) is 28.6. The van der Waals surface area contributed by atoms with Gasteiger partial charge in [0.25, 0.3) is 11.8 Å². The number of benzene rings is 1. The van der Waals surface area contributed by atoms with Gasteiger partial charge in [0.15, 0.2) is 13.1 Å². The molecule has 0 radical (unpaired) electrons. The number of quaternary nitrogens is 2. The molecule has 31 heavy (non-hydrogen) atoms. The summed E-state index contributed by atoms with van der Waals surface area (Å²) in [6.45, 7) is 10.1. The molecule has 4 rings (SSSR count). The third kappa shape index (κ3) is 5.47. The predicted octanol–water partition coefficient (Wildman–Crippen LogP) is 0.207. The Morgan fingerprint density at radius 1 is 0.968 bits per heavy atom. The van der Waals surface area contributed by atoms with E-state index in [4.69, 9.17) is 0 Å². The number of carbonyl (C=O) groups excluding carboxylic acids is 2. The van der Waals surface area contributed by atoms with Crippen LogP contribution in [0.5, 0.6) is 0 Å². The third-order valence-corrected chi connectivity index (χ3v) is 7.92. The van der Waals surface area contributed by atoms with Crippen molar-refractivity contribution in [2.45, 2.75) is 58.4 Å². The van der Waals surface area contributed by atoms with E-state index in [1.54, 1.807) is 0 Å². The molecule has 1 aromatic carbocycles. The highest BCUT2D eigenvalue weighted by Gasteiger charge is 2.37. The van der Waals surface area contributed by atoms with E-state index in [9.17, 15) is 9.59 Å². The molecule has 2 atom stereocenters. The van der Waals surface area contributed by atoms with Crippen LogP contribution in [0.4, 0.5) is 5.69 Å². The minimum absolute atomic E-state index is 0.0832. The van der Waals surface area contributed by atoms with Crippen LogP contribution in [0.1, 0.15) is 49.7 Å². The van der Waals surface area contributed by atoms with Gasteiger partial charge in [-0.1, -0.05) is 25.0 Å². The second-order valence-corrected chi connectivity index (χ2v) is 9.99. The first-order valence-electron chi connectivity index (χ1n) is 12.3. The molecule has 1 saturated carbocycles. The standard InChI is InChI=1S/C25H38N4O2/c1-19-7-5-10-22(20(19)2)26-24(30)17-27-13-15-28(16-14-27)18-25(31)29-12-6-9-21-8-3-4-11-23(21)29/h5,7,10,21,23H,3-4,6,8-9,11-18H2,1-2H3,(H,26,30)/p+2/t21-,23+/m1/s1. The first-order chi connectivity index (χ1) is 15.0. The van der Waals surface area contributed by atoms with E-state index in [2.05, 4.69) is 30.1 Å². The number of piperidine rings is 1. The van der Waals surface area contributed by atoms with Gasteiger partial charge < -0.3 is 20.0 Å². The Morgan fingerprint density at radius 2 is 1.65 bits per heavy atom. The lowest BCUT2D eigenvalue weighted by Crippen LogP contribution is -3.28. The van der Waals surface area contributed by atoms with Gasteiger partial charge in [0, 0.05) is 18.3 Å². The third-order valence-electron chi connectivity index (χ3n) is 7.92. The van der Waals surface area contributed by atoms with Crippen molar-refractivity contribution in [3.05, 3.63) is 29.3 Å². The first-order valence-corrected chi connectivity index (χ1v) is 12.3. The maximum Gasteiger partial charge on any atom is 0.279 e. The number of carbonyl (C=O) groups is 2. The molecule has 0 spiro atoms. The Morgan fingerprint density at radius 3 is 2.42 bits per heavy atom. The van der Waals surface area contributed by atoms with Gasteiger partial charge in [-0.05, 0) is 62.6 Å². The van der Waals surface area contributed by atoms with E-state index in [0.29, 0.717) is 25.0 Å². The first kappa shape index (κ1) is 22.3. The van der Waals surface area contributed by atoms with Gasteiger partial charge >= 0.3 is 0 Å². The van der Waals surface area contributed by atoms with Crippen LogP contribution in [0.2, 0.25) is 0 Å². The van der Waals surface area contributed by atoms with E-state index in [-0.39, 0.29) is 5.91 Å². The summed E-state index contributed by atoms with van der Waals surface area (Å²) >= 11 is 0. The van der Waals surface area contributed by atoms with Crippen molar-refractivity contribution in [3.8, 4) is 0 Å². The number of piperazine rings is 1. The monoisotopic (exact) mass is 428 g/mol. The Hall–Kier alpha value is -1.92. The summed E-state index contributed by atoms with van der Waals surface area (Å²) in [6.07, 6.45) is 7.63. The molecule has 2 aliphatic heterocycles. The molecule has 6 heteroatoms. The minimum atomic E-state index is 0.0832. The molecule has 0 bridgehead atoms. The smallest absolute Gasteiger partial charge is 0.279 e. The van der Waals surface area contributed by atoms with Crippen molar-refractivity contribution in [1.29, 1.82) is 0 Å². The predicted molar refractivity (Wildman–Crippen MR) is 122 cm³/mol. The van der Waals surface area contributed by atoms with Crippen LogP contribution < -0.4 is 15.1 Å². The van der Waals surface area contributed by atoms with Crippen LogP contribution in [0.3, 0.4) is 0 Å². The summed E-state index contributed by atoms with van der Waals surface area (Å²) in [4.78, 5) is 30.6. The molecule has 0 unspecified atom stereocenters. The van der Waals surface area contributed by atoms with Crippen molar-refractivity contribution in [2.75, 3.05) is 51.1 Å². The molecule has 2 heterocycles. The maximum atomic E-state index is 13.1. The van der Waals surface area contributed by atoms with Gasteiger partial charge in [0.1, 0.15) is 26.2 Å².